The van der Waals surface area contributed by atoms with Crippen molar-refractivity contribution in [2.24, 2.45) is 0 Å². The summed E-state index contributed by atoms with van der Waals surface area (Å²) in [6, 6.07) is 6.28. The fourth-order valence-electron chi connectivity index (χ4n) is 3.64. The number of imidazole rings is 1. The molecule has 0 saturated heterocycles. The van der Waals surface area contributed by atoms with E-state index >= 15 is 0 Å². The third-order valence-electron chi connectivity index (χ3n) is 5.10. The van der Waals surface area contributed by atoms with E-state index in [1.54, 1.807) is 25.1 Å². The lowest BCUT2D eigenvalue weighted by Crippen LogP contribution is -2.06. The number of aromatic nitrogens is 5. The summed E-state index contributed by atoms with van der Waals surface area (Å²) in [7, 11) is 1.32. The molecule has 0 aliphatic rings. The van der Waals surface area contributed by atoms with Crippen molar-refractivity contribution in [1.29, 1.82) is 0 Å². The van der Waals surface area contributed by atoms with Gasteiger partial charge in [0.2, 0.25) is 5.95 Å². The van der Waals surface area contributed by atoms with Crippen molar-refractivity contribution in [2.75, 3.05) is 12.4 Å². The highest BCUT2D eigenvalue weighted by molar-refractivity contribution is 5.83. The van der Waals surface area contributed by atoms with Crippen LogP contribution in [-0.2, 0) is 16.0 Å². The molecular weight excluding hydrogens is 430 g/mol. The number of methoxy groups -OCH3 is 1. The number of rotatable bonds is 6. The zero-order valence-corrected chi connectivity index (χ0v) is 18.6. The zero-order chi connectivity index (χ0) is 23.7. The first-order chi connectivity index (χ1) is 15.8. The van der Waals surface area contributed by atoms with E-state index in [1.165, 1.54) is 19.4 Å². The van der Waals surface area contributed by atoms with Crippen molar-refractivity contribution in [1.82, 2.24) is 24.5 Å². The summed E-state index contributed by atoms with van der Waals surface area (Å²) in [5.74, 6) is -0.455. The van der Waals surface area contributed by atoms with E-state index in [0.29, 0.717) is 22.7 Å². The predicted molar refractivity (Wildman–Crippen MR) is 119 cm³/mol. The largest absolute Gasteiger partial charge is 0.469 e. The summed E-state index contributed by atoms with van der Waals surface area (Å²) in [5.41, 5.74) is 1.69. The summed E-state index contributed by atoms with van der Waals surface area (Å²) >= 11 is 0. The molecule has 0 spiro atoms. The van der Waals surface area contributed by atoms with Gasteiger partial charge in [0, 0.05) is 17.8 Å². The molecule has 0 radical (unpaired) electrons. The average molecular weight is 452 g/mol. The lowest BCUT2D eigenvalue weighted by atomic mass is 10.1. The van der Waals surface area contributed by atoms with Crippen LogP contribution in [0.5, 0.6) is 0 Å². The van der Waals surface area contributed by atoms with Crippen LogP contribution in [0.15, 0.2) is 36.7 Å². The van der Waals surface area contributed by atoms with Gasteiger partial charge in [0.05, 0.1) is 25.2 Å². The number of carbonyl (C=O) groups excluding carboxylic acids is 1. The zero-order valence-electron chi connectivity index (χ0n) is 18.6. The third-order valence-corrected chi connectivity index (χ3v) is 5.10. The molecule has 0 aliphatic carbocycles. The van der Waals surface area contributed by atoms with Crippen LogP contribution in [0.4, 0.5) is 20.5 Å². The molecule has 8 nitrogen and oxygen atoms in total. The van der Waals surface area contributed by atoms with Crippen LogP contribution in [0, 0.1) is 18.6 Å². The molecule has 3 heterocycles. The van der Waals surface area contributed by atoms with Gasteiger partial charge in [-0.05, 0) is 44.5 Å². The lowest BCUT2D eigenvalue weighted by molar-refractivity contribution is -0.139. The minimum absolute atomic E-state index is 0.0466. The Labute approximate surface area is 188 Å². The summed E-state index contributed by atoms with van der Waals surface area (Å²) in [5, 5.41) is 2.89. The van der Waals surface area contributed by atoms with Gasteiger partial charge in [0.25, 0.3) is 0 Å². The fraction of sp³-hybridized carbons (Fsp3) is 0.261. The molecule has 0 saturated carbocycles. The highest BCUT2D eigenvalue weighted by Gasteiger charge is 2.18. The van der Waals surface area contributed by atoms with Crippen molar-refractivity contribution in [2.45, 2.75) is 33.2 Å². The number of benzene rings is 1. The quantitative estimate of drug-likeness (QED) is 0.430. The Morgan fingerprint density at radius 3 is 2.58 bits per heavy atom. The first kappa shape index (κ1) is 22.3. The Kier molecular flexibility index (Phi) is 5.99. The first-order valence-electron chi connectivity index (χ1n) is 10.3. The van der Waals surface area contributed by atoms with Crippen LogP contribution >= 0.6 is 0 Å². The monoisotopic (exact) mass is 452 g/mol. The summed E-state index contributed by atoms with van der Waals surface area (Å²) in [6.45, 7) is 5.74. The van der Waals surface area contributed by atoms with Gasteiger partial charge in [-0.3, -0.25) is 4.79 Å². The van der Waals surface area contributed by atoms with Gasteiger partial charge in [-0.15, -0.1) is 0 Å². The fourth-order valence-corrected chi connectivity index (χ4v) is 3.64. The van der Waals surface area contributed by atoms with E-state index in [2.05, 4.69) is 30.0 Å². The van der Waals surface area contributed by atoms with Gasteiger partial charge in [-0.2, -0.15) is 0 Å². The smallest absolute Gasteiger partial charge is 0.310 e. The third kappa shape index (κ3) is 4.50. The van der Waals surface area contributed by atoms with E-state index in [-0.39, 0.29) is 41.2 Å². The normalized spacial score (nSPS) is 11.2. The molecule has 170 valence electrons. The number of anilines is 2. The van der Waals surface area contributed by atoms with Crippen LogP contribution in [0.2, 0.25) is 0 Å². The van der Waals surface area contributed by atoms with E-state index in [0.717, 1.165) is 6.20 Å². The Bertz CT molecular complexity index is 1340. The highest BCUT2D eigenvalue weighted by atomic mass is 19.1. The maximum Gasteiger partial charge on any atom is 0.310 e. The standard InChI is InChI=1S/C23H22F2N6O2/c1-12(2)31-13(3)28-22-16(24)8-15(9-18(22)31)21-17(25)11-27-23(30-21)29-19-6-5-14(10-26-19)7-20(32)33-4/h5-6,8-12H,7H2,1-4H3,(H,26,27,29,30). The van der Waals surface area contributed by atoms with Crippen LogP contribution in [0.1, 0.15) is 31.3 Å². The Balaban J connectivity index is 1.67. The molecule has 0 fully saturated rings. The number of esters is 1. The van der Waals surface area contributed by atoms with E-state index in [9.17, 15) is 13.6 Å². The SMILES string of the molecule is COC(=O)Cc1ccc(Nc2ncc(F)c(-c3cc(F)c4nc(C)n(C(C)C)c4c3)n2)nc1. The minimum Gasteiger partial charge on any atom is -0.469 e. The number of halogens is 2. The number of pyridine rings is 1. The van der Waals surface area contributed by atoms with Gasteiger partial charge in [0.15, 0.2) is 11.6 Å². The van der Waals surface area contributed by atoms with Gasteiger partial charge in [-0.25, -0.2) is 28.7 Å². The van der Waals surface area contributed by atoms with Crippen molar-refractivity contribution in [3.63, 3.8) is 0 Å². The molecule has 0 amide bonds. The number of carbonyl (C=O) groups is 1. The average Bonchev–Trinajstić information content (AvgIpc) is 3.13. The Hall–Kier alpha value is -3.95. The number of ether oxygens (including phenoxy) is 1. The summed E-state index contributed by atoms with van der Waals surface area (Å²) in [4.78, 5) is 28.1. The number of fused-ring (bicyclic) bond motifs is 1. The van der Waals surface area contributed by atoms with Crippen LogP contribution in [0.25, 0.3) is 22.3 Å². The maximum absolute atomic E-state index is 14.8. The van der Waals surface area contributed by atoms with Crippen molar-refractivity contribution < 1.29 is 18.3 Å². The van der Waals surface area contributed by atoms with Crippen molar-refractivity contribution in [3.05, 3.63) is 59.7 Å². The van der Waals surface area contributed by atoms with Crippen LogP contribution in [0.3, 0.4) is 0 Å². The van der Waals surface area contributed by atoms with Gasteiger partial charge in [0.1, 0.15) is 22.9 Å². The van der Waals surface area contributed by atoms with E-state index < -0.39 is 11.6 Å². The van der Waals surface area contributed by atoms with E-state index in [4.69, 9.17) is 0 Å². The lowest BCUT2D eigenvalue weighted by Gasteiger charge is -2.12. The van der Waals surface area contributed by atoms with Gasteiger partial charge >= 0.3 is 5.97 Å². The van der Waals surface area contributed by atoms with E-state index in [1.807, 2.05) is 18.4 Å². The second-order valence-electron chi connectivity index (χ2n) is 7.77. The molecule has 4 rings (SSSR count). The highest BCUT2D eigenvalue weighted by Crippen LogP contribution is 2.30. The number of nitrogens with zero attached hydrogens (tertiary/aromatic N) is 5. The molecule has 33 heavy (non-hydrogen) atoms. The van der Waals surface area contributed by atoms with Crippen LogP contribution in [-0.4, -0.2) is 37.6 Å². The van der Waals surface area contributed by atoms with Gasteiger partial charge in [-0.1, -0.05) is 6.07 Å². The van der Waals surface area contributed by atoms with Crippen molar-refractivity contribution >= 4 is 28.8 Å². The number of hydrogen-bond donors (Lipinski definition) is 1. The first-order valence-corrected chi connectivity index (χ1v) is 10.3. The molecule has 0 unspecified atom stereocenters. The topological polar surface area (TPSA) is 94.8 Å². The number of aryl methyl sites for hydroxylation is 1. The Morgan fingerprint density at radius 2 is 1.91 bits per heavy atom. The summed E-state index contributed by atoms with van der Waals surface area (Å²) < 4.78 is 36.0. The molecule has 3 aromatic heterocycles. The molecular formula is C23H22F2N6O2. The van der Waals surface area contributed by atoms with Crippen LogP contribution < -0.4 is 5.32 Å². The predicted octanol–water partition coefficient (Wildman–Crippen LogP) is 4.51. The molecule has 1 aromatic carbocycles. The Morgan fingerprint density at radius 1 is 1.12 bits per heavy atom. The second kappa shape index (κ2) is 8.89. The van der Waals surface area contributed by atoms with Gasteiger partial charge < -0.3 is 14.6 Å². The molecule has 0 atom stereocenters. The minimum atomic E-state index is -0.687. The van der Waals surface area contributed by atoms with Crippen molar-refractivity contribution in [3.8, 4) is 11.3 Å². The molecule has 10 heteroatoms. The molecule has 1 N–H and O–H groups in total. The maximum atomic E-state index is 14.8. The molecule has 0 aliphatic heterocycles. The number of hydrogen-bond acceptors (Lipinski definition) is 7. The molecule has 0 bridgehead atoms. The molecule has 4 aromatic rings. The summed E-state index contributed by atoms with van der Waals surface area (Å²) in [6.07, 6.45) is 2.63. The number of nitrogens with one attached hydrogen (secondary N) is 1. The second-order valence-corrected chi connectivity index (χ2v) is 7.77.